The van der Waals surface area contributed by atoms with Gasteiger partial charge in [-0.3, -0.25) is 9.10 Å². The number of hydrogen-bond acceptors (Lipinski definition) is 5. The predicted octanol–water partition coefficient (Wildman–Crippen LogP) is 3.69. The van der Waals surface area contributed by atoms with Gasteiger partial charge in [-0.2, -0.15) is 5.10 Å². The Morgan fingerprint density at radius 3 is 2.26 bits per heavy atom. The Labute approximate surface area is 192 Å². The van der Waals surface area contributed by atoms with Crippen molar-refractivity contribution >= 4 is 50.5 Å². The highest BCUT2D eigenvalue weighted by Gasteiger charge is 2.28. The van der Waals surface area contributed by atoms with Crippen LogP contribution in [0.1, 0.15) is 18.4 Å². The molecule has 0 unspecified atom stereocenters. The number of piperidine rings is 1. The monoisotopic (exact) mass is 482 g/mol. The Hall–Kier alpha value is -2.13. The summed E-state index contributed by atoms with van der Waals surface area (Å²) in [5.74, 6) is -0.557. The number of nitrogens with zero attached hydrogens (tertiary/aromatic N) is 3. The average Bonchev–Trinajstić information content (AvgIpc) is 2.71. The van der Waals surface area contributed by atoms with Crippen molar-refractivity contribution in [2.45, 2.75) is 24.7 Å². The van der Waals surface area contributed by atoms with E-state index in [2.05, 4.69) is 15.4 Å². The summed E-state index contributed by atoms with van der Waals surface area (Å²) >= 11 is 12.2. The summed E-state index contributed by atoms with van der Waals surface area (Å²) in [6.45, 7) is 3.12. The molecule has 10 heteroatoms. The quantitative estimate of drug-likeness (QED) is 0.636. The van der Waals surface area contributed by atoms with Gasteiger partial charge in [-0.05, 0) is 44.3 Å². The van der Waals surface area contributed by atoms with E-state index in [1.54, 1.807) is 12.1 Å². The number of likely N-dealkylation sites (tertiary alicyclic amines) is 1. The van der Waals surface area contributed by atoms with Gasteiger partial charge in [0.15, 0.2) is 0 Å². The number of amides is 1. The number of anilines is 1. The van der Waals surface area contributed by atoms with E-state index in [9.17, 15) is 13.2 Å². The molecule has 1 fully saturated rings. The third-order valence-electron chi connectivity index (χ3n) is 4.93. The van der Waals surface area contributed by atoms with Crippen LogP contribution in [0.15, 0.2) is 52.5 Å². The lowest BCUT2D eigenvalue weighted by molar-refractivity contribution is -0.119. The zero-order chi connectivity index (χ0) is 22.6. The third kappa shape index (κ3) is 6.20. The van der Waals surface area contributed by atoms with Gasteiger partial charge in [0.1, 0.15) is 6.54 Å². The van der Waals surface area contributed by atoms with E-state index in [1.807, 2.05) is 14.0 Å². The fourth-order valence-corrected chi connectivity index (χ4v) is 5.05. The minimum absolute atomic E-state index is 0.0589. The van der Waals surface area contributed by atoms with E-state index < -0.39 is 22.5 Å². The van der Waals surface area contributed by atoms with E-state index in [0.29, 0.717) is 0 Å². The number of sulfonamides is 1. The second-order valence-corrected chi connectivity index (χ2v) is 10.2. The molecule has 7 nitrogen and oxygen atoms in total. The molecular weight excluding hydrogens is 459 g/mol. The zero-order valence-corrected chi connectivity index (χ0v) is 19.6. The van der Waals surface area contributed by atoms with Crippen molar-refractivity contribution in [1.29, 1.82) is 0 Å². The van der Waals surface area contributed by atoms with E-state index in [1.165, 1.54) is 30.3 Å². The van der Waals surface area contributed by atoms with Gasteiger partial charge in [0.05, 0.1) is 10.6 Å². The van der Waals surface area contributed by atoms with E-state index >= 15 is 0 Å². The Bertz CT molecular complexity index is 1060. The van der Waals surface area contributed by atoms with E-state index in [-0.39, 0.29) is 20.6 Å². The molecule has 0 radical (unpaired) electrons. The average molecular weight is 483 g/mol. The van der Waals surface area contributed by atoms with E-state index in [0.717, 1.165) is 41.5 Å². The number of carbonyl (C=O) groups is 1. The topological polar surface area (TPSA) is 82.1 Å². The first-order valence-corrected chi connectivity index (χ1v) is 11.9. The molecule has 1 saturated heterocycles. The van der Waals surface area contributed by atoms with Crippen molar-refractivity contribution < 1.29 is 13.2 Å². The van der Waals surface area contributed by atoms with Crippen LogP contribution in [0.25, 0.3) is 0 Å². The van der Waals surface area contributed by atoms with Crippen LogP contribution in [0.3, 0.4) is 0 Å². The number of aryl methyl sites for hydroxylation is 1. The maximum absolute atomic E-state index is 13.4. The Morgan fingerprint density at radius 2 is 1.68 bits per heavy atom. The zero-order valence-electron chi connectivity index (χ0n) is 17.3. The molecular formula is C21H24Cl2N4O3S. The van der Waals surface area contributed by atoms with Crippen LogP contribution in [0.5, 0.6) is 0 Å². The van der Waals surface area contributed by atoms with Crippen molar-refractivity contribution in [2.75, 3.05) is 31.0 Å². The first-order valence-electron chi connectivity index (χ1n) is 9.73. The van der Waals surface area contributed by atoms with Crippen molar-refractivity contribution in [2.24, 2.45) is 5.10 Å². The van der Waals surface area contributed by atoms with Crippen molar-refractivity contribution in [3.63, 3.8) is 0 Å². The molecule has 166 valence electrons. The first-order chi connectivity index (χ1) is 14.6. The summed E-state index contributed by atoms with van der Waals surface area (Å²) in [6.07, 6.45) is 1.51. The van der Waals surface area contributed by atoms with Gasteiger partial charge in [-0.1, -0.05) is 40.9 Å². The molecule has 1 N–H and O–H groups in total. The molecule has 2 aromatic carbocycles. The van der Waals surface area contributed by atoms with Gasteiger partial charge in [-0.15, -0.1) is 0 Å². The Kier molecular flexibility index (Phi) is 7.59. The number of carbonyl (C=O) groups excluding carboxylic acids is 1. The summed E-state index contributed by atoms with van der Waals surface area (Å²) in [5, 5.41) is 4.71. The van der Waals surface area contributed by atoms with Crippen LogP contribution in [0.2, 0.25) is 10.0 Å². The Balaban J connectivity index is 1.88. The molecule has 1 amide bonds. The fraction of sp³-hybridized carbons (Fsp3) is 0.333. The summed E-state index contributed by atoms with van der Waals surface area (Å²) in [6, 6.07) is 10.8. The number of benzene rings is 2. The lowest BCUT2D eigenvalue weighted by Gasteiger charge is -2.25. The number of rotatable bonds is 6. The molecule has 0 saturated carbocycles. The molecule has 0 bridgehead atoms. The number of hydrazone groups is 1. The minimum atomic E-state index is -4.05. The lowest BCUT2D eigenvalue weighted by atomic mass is 10.1. The SMILES string of the molecule is Cc1ccc(S(=O)(=O)N(CC(=O)NN=C2CCN(C)CC2)c2cc(Cl)cc(Cl)c2)cc1. The molecule has 0 aromatic heterocycles. The summed E-state index contributed by atoms with van der Waals surface area (Å²) in [5.41, 5.74) is 4.48. The lowest BCUT2D eigenvalue weighted by Crippen LogP contribution is -2.40. The van der Waals surface area contributed by atoms with Crippen LogP contribution in [0.4, 0.5) is 5.69 Å². The normalized spacial score (nSPS) is 14.9. The number of hydrogen-bond donors (Lipinski definition) is 1. The summed E-state index contributed by atoms with van der Waals surface area (Å²) < 4.78 is 27.7. The molecule has 0 spiro atoms. The highest BCUT2D eigenvalue weighted by Crippen LogP contribution is 2.29. The third-order valence-corrected chi connectivity index (χ3v) is 7.16. The van der Waals surface area contributed by atoms with Crippen LogP contribution >= 0.6 is 23.2 Å². The highest BCUT2D eigenvalue weighted by molar-refractivity contribution is 7.92. The number of nitrogens with one attached hydrogen (secondary N) is 1. The van der Waals surface area contributed by atoms with E-state index in [4.69, 9.17) is 23.2 Å². The van der Waals surface area contributed by atoms with Gasteiger partial charge in [-0.25, -0.2) is 13.8 Å². The molecule has 1 aliphatic heterocycles. The second-order valence-electron chi connectivity index (χ2n) is 7.47. The maximum Gasteiger partial charge on any atom is 0.264 e. The molecule has 1 heterocycles. The second kappa shape index (κ2) is 9.99. The highest BCUT2D eigenvalue weighted by atomic mass is 35.5. The molecule has 31 heavy (non-hydrogen) atoms. The summed E-state index contributed by atoms with van der Waals surface area (Å²) in [4.78, 5) is 14.9. The molecule has 0 atom stereocenters. The van der Waals surface area contributed by atoms with Gasteiger partial charge >= 0.3 is 0 Å². The smallest absolute Gasteiger partial charge is 0.264 e. The van der Waals surface area contributed by atoms with Gasteiger partial charge in [0.25, 0.3) is 15.9 Å². The van der Waals surface area contributed by atoms with Crippen LogP contribution < -0.4 is 9.73 Å². The molecule has 0 aliphatic carbocycles. The molecule has 3 rings (SSSR count). The molecule has 2 aromatic rings. The van der Waals surface area contributed by atoms with Crippen molar-refractivity contribution in [1.82, 2.24) is 10.3 Å². The Morgan fingerprint density at radius 1 is 1.10 bits per heavy atom. The predicted molar refractivity (Wildman–Crippen MR) is 124 cm³/mol. The number of halogens is 2. The van der Waals surface area contributed by atoms with Crippen molar-refractivity contribution in [3.8, 4) is 0 Å². The van der Waals surface area contributed by atoms with Gasteiger partial charge in [0.2, 0.25) is 0 Å². The van der Waals surface area contributed by atoms with Crippen LogP contribution in [-0.2, 0) is 14.8 Å². The largest absolute Gasteiger partial charge is 0.306 e. The first kappa shape index (κ1) is 23.5. The fourth-order valence-electron chi connectivity index (χ4n) is 3.13. The van der Waals surface area contributed by atoms with Crippen molar-refractivity contribution in [3.05, 3.63) is 58.1 Å². The van der Waals surface area contributed by atoms with Crippen LogP contribution in [-0.4, -0.2) is 51.6 Å². The minimum Gasteiger partial charge on any atom is -0.306 e. The summed E-state index contributed by atoms with van der Waals surface area (Å²) in [7, 11) is -2.02. The maximum atomic E-state index is 13.4. The van der Waals surface area contributed by atoms with Gasteiger partial charge < -0.3 is 4.90 Å². The van der Waals surface area contributed by atoms with Crippen LogP contribution in [0, 0.1) is 6.92 Å². The standard InChI is InChI=1S/C21H24Cl2N4O3S/c1-15-3-5-20(6-4-15)31(29,30)27(19-12-16(22)11-17(23)13-19)14-21(28)25-24-18-7-9-26(2)10-8-18/h3-6,11-13H,7-10,14H2,1-2H3,(H,25,28). The van der Waals surface area contributed by atoms with Gasteiger partial charge in [0, 0.05) is 41.7 Å². The molecule has 1 aliphatic rings.